The Morgan fingerprint density at radius 2 is 1.66 bits per heavy atom. The summed E-state index contributed by atoms with van der Waals surface area (Å²) >= 11 is 0. The summed E-state index contributed by atoms with van der Waals surface area (Å²) in [6.07, 6.45) is -3.30. The molecule has 0 heterocycles. The van der Waals surface area contributed by atoms with E-state index < -0.39 is 42.0 Å². The van der Waals surface area contributed by atoms with Gasteiger partial charge in [0.1, 0.15) is 24.0 Å². The molecule has 32 heavy (non-hydrogen) atoms. The second-order valence-electron chi connectivity index (χ2n) is 8.62. The number of rotatable bonds is 10. The molecule has 1 aromatic rings. The second-order valence-corrected chi connectivity index (χ2v) is 8.62. The number of ether oxygens (including phenoxy) is 1. The zero-order valence-corrected chi connectivity index (χ0v) is 19.6. The third-order valence-corrected chi connectivity index (χ3v) is 4.48. The Hall–Kier alpha value is -2.69. The number of likely N-dealkylation sites (N-methyl/N-ethyl adjacent to an activating group) is 1. The van der Waals surface area contributed by atoms with E-state index in [0.717, 1.165) is 0 Å². The number of aliphatic hydroxyl groups is 2. The van der Waals surface area contributed by atoms with Gasteiger partial charge >= 0.3 is 6.09 Å². The molecule has 1 aromatic carbocycles. The summed E-state index contributed by atoms with van der Waals surface area (Å²) in [5, 5.41) is 28.3. The molecule has 1 rings (SSSR count). The van der Waals surface area contributed by atoms with Crippen LogP contribution in [0.25, 0.3) is 0 Å². The molecule has 0 saturated carbocycles. The van der Waals surface area contributed by atoms with Crippen LogP contribution >= 0.6 is 0 Å². The van der Waals surface area contributed by atoms with Crippen LogP contribution in [0.5, 0.6) is 0 Å². The van der Waals surface area contributed by atoms with Crippen LogP contribution in [0.15, 0.2) is 30.3 Å². The average Bonchev–Trinajstić information content (AvgIpc) is 2.72. The summed E-state index contributed by atoms with van der Waals surface area (Å²) in [4.78, 5) is 38.3. The van der Waals surface area contributed by atoms with Crippen molar-refractivity contribution in [3.8, 4) is 0 Å². The molecule has 4 atom stereocenters. The van der Waals surface area contributed by atoms with Gasteiger partial charge in [-0.15, -0.1) is 0 Å². The van der Waals surface area contributed by atoms with Crippen LogP contribution in [0.4, 0.5) is 4.79 Å². The smallest absolute Gasteiger partial charge is 0.407 e. The fourth-order valence-electron chi connectivity index (χ4n) is 2.83. The summed E-state index contributed by atoms with van der Waals surface area (Å²) in [5.74, 6) is -0.855. The molecule has 180 valence electrons. The Morgan fingerprint density at radius 1 is 1.06 bits per heavy atom. The van der Waals surface area contributed by atoms with E-state index in [2.05, 4.69) is 16.0 Å². The fourth-order valence-corrected chi connectivity index (χ4v) is 2.83. The molecule has 3 amide bonds. The van der Waals surface area contributed by atoms with Gasteiger partial charge in [0.15, 0.2) is 0 Å². The first-order valence-corrected chi connectivity index (χ1v) is 10.5. The number of nitrogens with one attached hydrogen (secondary N) is 3. The number of nitrogens with zero attached hydrogens (tertiary/aromatic N) is 1. The molecule has 10 heteroatoms. The van der Waals surface area contributed by atoms with E-state index in [1.165, 1.54) is 4.90 Å². The van der Waals surface area contributed by atoms with Crippen molar-refractivity contribution in [2.75, 3.05) is 20.6 Å². The maximum Gasteiger partial charge on any atom is 0.407 e. The topological polar surface area (TPSA) is 140 Å². The number of amides is 3. The highest BCUT2D eigenvalue weighted by atomic mass is 16.6. The lowest BCUT2D eigenvalue weighted by Gasteiger charge is -2.29. The van der Waals surface area contributed by atoms with Gasteiger partial charge < -0.3 is 30.5 Å². The van der Waals surface area contributed by atoms with Crippen LogP contribution in [0, 0.1) is 0 Å². The molecule has 0 aromatic heterocycles. The Balaban J connectivity index is 2.68. The van der Waals surface area contributed by atoms with Gasteiger partial charge in [-0.3, -0.25) is 14.9 Å². The molecule has 5 N–H and O–H groups in total. The Labute approximate surface area is 189 Å². The van der Waals surface area contributed by atoms with Crippen molar-refractivity contribution >= 4 is 17.9 Å². The predicted molar refractivity (Wildman–Crippen MR) is 119 cm³/mol. The molecule has 0 aliphatic heterocycles. The van der Waals surface area contributed by atoms with Crippen molar-refractivity contribution in [3.05, 3.63) is 35.9 Å². The van der Waals surface area contributed by atoms with Gasteiger partial charge in [-0.05, 0) is 32.8 Å². The zero-order chi connectivity index (χ0) is 24.5. The van der Waals surface area contributed by atoms with E-state index in [-0.39, 0.29) is 12.5 Å². The number of benzene rings is 1. The highest BCUT2D eigenvalue weighted by molar-refractivity contribution is 5.89. The highest BCUT2D eigenvalue weighted by Gasteiger charge is 2.29. The SMILES string of the molecule is CCC(NC(=O)OC(C)(C)C)C(O)[C@H](O)NCC(=O)N[C@H](C(=O)N(C)C)c1ccccc1. The molecule has 0 saturated heterocycles. The van der Waals surface area contributed by atoms with Gasteiger partial charge in [0.05, 0.1) is 12.6 Å². The lowest BCUT2D eigenvalue weighted by Crippen LogP contribution is -2.55. The number of hydrogen-bond acceptors (Lipinski definition) is 7. The number of alkyl carbamates (subject to hydrolysis) is 1. The molecule has 0 aliphatic carbocycles. The number of aliphatic hydroxyl groups excluding tert-OH is 2. The molecule has 10 nitrogen and oxygen atoms in total. The van der Waals surface area contributed by atoms with Crippen molar-refractivity contribution in [2.24, 2.45) is 0 Å². The minimum atomic E-state index is -1.50. The van der Waals surface area contributed by atoms with Crippen LogP contribution in [0.2, 0.25) is 0 Å². The quantitative estimate of drug-likeness (QED) is 0.326. The summed E-state index contributed by atoms with van der Waals surface area (Å²) < 4.78 is 5.16. The van der Waals surface area contributed by atoms with Crippen LogP contribution in [-0.4, -0.2) is 77.6 Å². The number of carbonyl (C=O) groups excluding carboxylic acids is 3. The van der Waals surface area contributed by atoms with Crippen LogP contribution in [0.1, 0.15) is 45.7 Å². The Kier molecular flexibility index (Phi) is 10.6. The molecular formula is C22H36N4O6. The predicted octanol–water partition coefficient (Wildman–Crippen LogP) is 0.504. The third-order valence-electron chi connectivity index (χ3n) is 4.48. The van der Waals surface area contributed by atoms with E-state index in [4.69, 9.17) is 4.74 Å². The van der Waals surface area contributed by atoms with E-state index >= 15 is 0 Å². The van der Waals surface area contributed by atoms with Gasteiger partial charge in [0.25, 0.3) is 0 Å². The second kappa shape index (κ2) is 12.4. The minimum absolute atomic E-state index is 0.308. The molecule has 0 aliphatic rings. The standard InChI is InChI=1S/C22H36N4O6/c1-7-15(24-21(31)32-22(2,3)4)18(28)19(29)23-13-16(27)25-17(20(30)26(5)6)14-11-9-8-10-12-14/h8-12,15,17-19,23,28-29H,7,13H2,1-6H3,(H,24,31)(H,25,27)/t15?,17-,18?,19-/m0/s1. The van der Waals surface area contributed by atoms with Gasteiger partial charge in [0, 0.05) is 14.1 Å². The third kappa shape index (κ3) is 9.21. The fraction of sp³-hybridized carbons (Fsp3) is 0.591. The highest BCUT2D eigenvalue weighted by Crippen LogP contribution is 2.14. The van der Waals surface area contributed by atoms with Crippen molar-refractivity contribution in [1.29, 1.82) is 0 Å². The van der Waals surface area contributed by atoms with Gasteiger partial charge in [-0.2, -0.15) is 0 Å². The monoisotopic (exact) mass is 452 g/mol. The van der Waals surface area contributed by atoms with Gasteiger partial charge in [-0.1, -0.05) is 37.3 Å². The number of carbonyl (C=O) groups is 3. The first-order valence-electron chi connectivity index (χ1n) is 10.5. The lowest BCUT2D eigenvalue weighted by atomic mass is 10.1. The van der Waals surface area contributed by atoms with Crippen LogP contribution < -0.4 is 16.0 Å². The minimum Gasteiger partial charge on any atom is -0.444 e. The average molecular weight is 453 g/mol. The molecule has 2 unspecified atom stereocenters. The van der Waals surface area contributed by atoms with E-state index in [0.29, 0.717) is 12.0 Å². The van der Waals surface area contributed by atoms with Crippen LogP contribution in [-0.2, 0) is 14.3 Å². The molecule has 0 radical (unpaired) electrons. The maximum atomic E-state index is 12.5. The van der Waals surface area contributed by atoms with Crippen molar-refractivity contribution in [1.82, 2.24) is 20.9 Å². The van der Waals surface area contributed by atoms with E-state index in [1.807, 2.05) is 0 Å². The summed E-state index contributed by atoms with van der Waals surface area (Å²) in [5.41, 5.74) is -0.0885. The molecule has 0 fully saturated rings. The first kappa shape index (κ1) is 27.3. The van der Waals surface area contributed by atoms with E-state index in [9.17, 15) is 24.6 Å². The van der Waals surface area contributed by atoms with Crippen molar-refractivity contribution in [2.45, 2.75) is 64.1 Å². The summed E-state index contributed by atoms with van der Waals surface area (Å²) in [6, 6.07) is 7.09. The van der Waals surface area contributed by atoms with Crippen LogP contribution in [0.3, 0.4) is 0 Å². The largest absolute Gasteiger partial charge is 0.444 e. The van der Waals surface area contributed by atoms with Gasteiger partial charge in [0.2, 0.25) is 11.8 Å². The molecule has 0 bridgehead atoms. The maximum absolute atomic E-state index is 12.5. The van der Waals surface area contributed by atoms with Crippen molar-refractivity contribution in [3.63, 3.8) is 0 Å². The number of hydrogen-bond donors (Lipinski definition) is 5. The zero-order valence-electron chi connectivity index (χ0n) is 19.6. The lowest BCUT2D eigenvalue weighted by molar-refractivity contribution is -0.134. The normalized spacial score (nSPS) is 15.1. The summed E-state index contributed by atoms with van der Waals surface area (Å²) in [7, 11) is 3.18. The first-order chi connectivity index (χ1) is 14.9. The molecular weight excluding hydrogens is 416 g/mol. The Bertz CT molecular complexity index is 751. The van der Waals surface area contributed by atoms with Crippen molar-refractivity contribution < 1.29 is 29.3 Å². The van der Waals surface area contributed by atoms with Gasteiger partial charge in [-0.25, -0.2) is 4.79 Å². The molecule has 0 spiro atoms. The summed E-state index contributed by atoms with van der Waals surface area (Å²) in [6.45, 7) is 6.50. The van der Waals surface area contributed by atoms with E-state index in [1.54, 1.807) is 72.1 Å². The Morgan fingerprint density at radius 3 is 2.16 bits per heavy atom.